The van der Waals surface area contributed by atoms with Crippen molar-refractivity contribution in [2.75, 3.05) is 5.32 Å². The fraction of sp³-hybridized carbons (Fsp3) is 0.333. The van der Waals surface area contributed by atoms with E-state index in [0.29, 0.717) is 0 Å². The molecular formula is C18H23N. The summed E-state index contributed by atoms with van der Waals surface area (Å²) in [6, 6.07) is 8.77. The van der Waals surface area contributed by atoms with Gasteiger partial charge >= 0.3 is 0 Å². The number of benzene rings is 2. The van der Waals surface area contributed by atoms with E-state index in [2.05, 4.69) is 71.1 Å². The van der Waals surface area contributed by atoms with E-state index in [-0.39, 0.29) is 0 Å². The molecule has 0 fully saturated rings. The van der Waals surface area contributed by atoms with Gasteiger partial charge in [-0.15, -0.1) is 0 Å². The van der Waals surface area contributed by atoms with E-state index in [9.17, 15) is 0 Å². The molecule has 0 atom stereocenters. The number of anilines is 2. The van der Waals surface area contributed by atoms with Crippen LogP contribution in [-0.4, -0.2) is 0 Å². The lowest BCUT2D eigenvalue weighted by Gasteiger charge is -2.17. The van der Waals surface area contributed by atoms with Crippen LogP contribution < -0.4 is 5.32 Å². The minimum absolute atomic E-state index is 1.19. The summed E-state index contributed by atoms with van der Waals surface area (Å²) in [5, 5.41) is 3.58. The van der Waals surface area contributed by atoms with E-state index < -0.39 is 0 Å². The molecule has 0 spiro atoms. The van der Waals surface area contributed by atoms with E-state index in [1.165, 1.54) is 44.8 Å². The molecule has 0 aromatic heterocycles. The first-order chi connectivity index (χ1) is 8.90. The Morgan fingerprint density at radius 1 is 0.632 bits per heavy atom. The van der Waals surface area contributed by atoms with E-state index in [1.807, 2.05) is 0 Å². The lowest BCUT2D eigenvalue weighted by molar-refractivity contribution is 1.21. The van der Waals surface area contributed by atoms with Crippen molar-refractivity contribution in [2.24, 2.45) is 0 Å². The average molecular weight is 253 g/mol. The molecule has 19 heavy (non-hydrogen) atoms. The lowest BCUT2D eigenvalue weighted by atomic mass is 9.97. The van der Waals surface area contributed by atoms with Gasteiger partial charge < -0.3 is 5.32 Å². The molecule has 100 valence electrons. The van der Waals surface area contributed by atoms with Crippen molar-refractivity contribution in [3.8, 4) is 0 Å². The summed E-state index contributed by atoms with van der Waals surface area (Å²) in [7, 11) is 0. The van der Waals surface area contributed by atoms with Gasteiger partial charge in [-0.2, -0.15) is 0 Å². The summed E-state index contributed by atoms with van der Waals surface area (Å²) in [5.74, 6) is 0. The van der Waals surface area contributed by atoms with Crippen LogP contribution in [0.4, 0.5) is 11.4 Å². The highest BCUT2D eigenvalue weighted by Gasteiger charge is 2.08. The third-order valence-corrected chi connectivity index (χ3v) is 4.13. The van der Waals surface area contributed by atoms with Crippen LogP contribution in [0.3, 0.4) is 0 Å². The Balaban J connectivity index is 2.44. The van der Waals surface area contributed by atoms with Gasteiger partial charge in [0.15, 0.2) is 0 Å². The maximum Gasteiger partial charge on any atom is 0.0419 e. The topological polar surface area (TPSA) is 12.0 Å². The summed E-state index contributed by atoms with van der Waals surface area (Å²) in [6.07, 6.45) is 0. The largest absolute Gasteiger partial charge is 0.355 e. The van der Waals surface area contributed by atoms with Crippen LogP contribution in [0.1, 0.15) is 33.4 Å². The molecule has 1 heteroatoms. The molecule has 0 saturated carbocycles. The van der Waals surface area contributed by atoms with E-state index >= 15 is 0 Å². The summed E-state index contributed by atoms with van der Waals surface area (Å²) >= 11 is 0. The smallest absolute Gasteiger partial charge is 0.0419 e. The first-order valence-corrected chi connectivity index (χ1v) is 6.82. The van der Waals surface area contributed by atoms with Crippen molar-refractivity contribution in [2.45, 2.75) is 41.5 Å². The molecule has 2 aromatic carbocycles. The Bertz CT molecular complexity index is 624. The number of rotatable bonds is 2. The van der Waals surface area contributed by atoms with Gasteiger partial charge in [0, 0.05) is 11.4 Å². The summed E-state index contributed by atoms with van der Waals surface area (Å²) in [5.41, 5.74) is 10.4. The first kappa shape index (κ1) is 13.7. The minimum atomic E-state index is 1.19. The zero-order valence-electron chi connectivity index (χ0n) is 12.8. The van der Waals surface area contributed by atoms with Crippen molar-refractivity contribution >= 4 is 11.4 Å². The third kappa shape index (κ3) is 2.65. The van der Waals surface area contributed by atoms with Crippen molar-refractivity contribution in [1.82, 2.24) is 0 Å². The zero-order chi connectivity index (χ0) is 14.2. The van der Waals surface area contributed by atoms with E-state index in [1.54, 1.807) is 0 Å². The first-order valence-electron chi connectivity index (χ1n) is 6.82. The molecule has 0 aliphatic carbocycles. The molecule has 0 bridgehead atoms. The van der Waals surface area contributed by atoms with Crippen molar-refractivity contribution in [1.29, 1.82) is 0 Å². The molecule has 0 amide bonds. The van der Waals surface area contributed by atoms with Gasteiger partial charge in [0.1, 0.15) is 0 Å². The second kappa shape index (κ2) is 5.08. The van der Waals surface area contributed by atoms with Gasteiger partial charge in [0.05, 0.1) is 0 Å². The molecule has 0 unspecified atom stereocenters. The number of hydrogen-bond donors (Lipinski definition) is 1. The molecule has 2 rings (SSSR count). The summed E-state index contributed by atoms with van der Waals surface area (Å²) in [4.78, 5) is 0. The molecule has 0 aliphatic heterocycles. The molecule has 0 heterocycles. The Morgan fingerprint density at radius 3 is 1.95 bits per heavy atom. The van der Waals surface area contributed by atoms with E-state index in [4.69, 9.17) is 0 Å². The van der Waals surface area contributed by atoms with Gasteiger partial charge in [-0.25, -0.2) is 0 Å². The number of aryl methyl sites for hydroxylation is 3. The highest BCUT2D eigenvalue weighted by atomic mass is 14.9. The van der Waals surface area contributed by atoms with Crippen molar-refractivity contribution in [3.63, 3.8) is 0 Å². The Hall–Kier alpha value is -1.76. The van der Waals surface area contributed by atoms with Crippen LogP contribution >= 0.6 is 0 Å². The molecule has 2 aromatic rings. The predicted octanol–water partition coefficient (Wildman–Crippen LogP) is 5.28. The maximum atomic E-state index is 3.58. The monoisotopic (exact) mass is 253 g/mol. The van der Waals surface area contributed by atoms with Gasteiger partial charge in [-0.05, 0) is 81.5 Å². The Kier molecular flexibility index (Phi) is 3.66. The normalized spacial score (nSPS) is 10.6. The van der Waals surface area contributed by atoms with Gasteiger partial charge in [-0.3, -0.25) is 0 Å². The standard InChI is InChI=1S/C18H23N/c1-11-7-8-17(13(3)9-11)19-18-10-12(2)14(4)15(5)16(18)6/h7-10,19H,1-6H3. The van der Waals surface area contributed by atoms with E-state index in [0.717, 1.165) is 0 Å². The molecular weight excluding hydrogens is 230 g/mol. The van der Waals surface area contributed by atoms with Crippen LogP contribution in [0.25, 0.3) is 0 Å². The van der Waals surface area contributed by atoms with Crippen LogP contribution in [0.2, 0.25) is 0 Å². The molecule has 0 radical (unpaired) electrons. The average Bonchev–Trinajstić information content (AvgIpc) is 2.36. The summed E-state index contributed by atoms with van der Waals surface area (Å²) in [6.45, 7) is 13.0. The van der Waals surface area contributed by atoms with Crippen LogP contribution in [0.5, 0.6) is 0 Å². The van der Waals surface area contributed by atoms with Crippen molar-refractivity contribution in [3.05, 3.63) is 57.6 Å². The highest BCUT2D eigenvalue weighted by Crippen LogP contribution is 2.29. The minimum Gasteiger partial charge on any atom is -0.355 e. The fourth-order valence-corrected chi connectivity index (χ4v) is 2.44. The molecule has 0 aliphatic rings. The molecule has 0 saturated heterocycles. The highest BCUT2D eigenvalue weighted by molar-refractivity contribution is 5.69. The molecule has 1 N–H and O–H groups in total. The zero-order valence-corrected chi connectivity index (χ0v) is 12.8. The maximum absolute atomic E-state index is 3.58. The van der Waals surface area contributed by atoms with Crippen LogP contribution in [-0.2, 0) is 0 Å². The third-order valence-electron chi connectivity index (χ3n) is 4.13. The van der Waals surface area contributed by atoms with Gasteiger partial charge in [-0.1, -0.05) is 17.7 Å². The number of hydrogen-bond acceptors (Lipinski definition) is 1. The Morgan fingerprint density at radius 2 is 1.32 bits per heavy atom. The van der Waals surface area contributed by atoms with Gasteiger partial charge in [0.2, 0.25) is 0 Å². The second-order valence-corrected chi connectivity index (χ2v) is 5.56. The quantitative estimate of drug-likeness (QED) is 0.767. The van der Waals surface area contributed by atoms with Crippen molar-refractivity contribution < 1.29 is 0 Å². The number of nitrogens with one attached hydrogen (secondary N) is 1. The van der Waals surface area contributed by atoms with Gasteiger partial charge in [0.25, 0.3) is 0 Å². The predicted molar refractivity (Wildman–Crippen MR) is 84.6 cm³/mol. The SMILES string of the molecule is Cc1ccc(Nc2cc(C)c(C)c(C)c2C)c(C)c1. The fourth-order valence-electron chi connectivity index (χ4n) is 2.44. The molecule has 1 nitrogen and oxygen atoms in total. The van der Waals surface area contributed by atoms with Crippen LogP contribution in [0.15, 0.2) is 24.3 Å². The second-order valence-electron chi connectivity index (χ2n) is 5.56. The lowest BCUT2D eigenvalue weighted by Crippen LogP contribution is -2.00. The summed E-state index contributed by atoms with van der Waals surface area (Å²) < 4.78 is 0. The van der Waals surface area contributed by atoms with Crippen LogP contribution in [0, 0.1) is 41.5 Å². The Labute approximate surface area is 116 Å².